The predicted molar refractivity (Wildman–Crippen MR) is 74.1 cm³/mol. The van der Waals surface area contributed by atoms with E-state index in [1.165, 1.54) is 0 Å². The molecule has 1 atom stereocenters. The topological polar surface area (TPSA) is 35.6 Å². The third-order valence-corrected chi connectivity index (χ3v) is 3.62. The maximum atomic E-state index is 12.3. The smallest absolute Gasteiger partial charge is 0.321 e. The van der Waals surface area contributed by atoms with Gasteiger partial charge in [0.25, 0.3) is 0 Å². The van der Waals surface area contributed by atoms with Gasteiger partial charge in [-0.1, -0.05) is 18.2 Å². The molecule has 4 nitrogen and oxygen atoms in total. The van der Waals surface area contributed by atoms with Crippen molar-refractivity contribution in [3.8, 4) is 0 Å². The van der Waals surface area contributed by atoms with E-state index in [0.29, 0.717) is 0 Å². The Hall–Kier alpha value is -1.55. The Balaban J connectivity index is 2.32. The zero-order valence-corrected chi connectivity index (χ0v) is 11.5. The molecule has 1 aromatic carbocycles. The molecule has 1 aliphatic rings. The molecular formula is C14H21N3O. The van der Waals surface area contributed by atoms with Crippen molar-refractivity contribution < 1.29 is 4.79 Å². The third-order valence-electron chi connectivity index (χ3n) is 3.62. The van der Waals surface area contributed by atoms with Crippen LogP contribution in [0.25, 0.3) is 0 Å². The van der Waals surface area contributed by atoms with Crippen molar-refractivity contribution in [1.82, 2.24) is 10.2 Å². The highest BCUT2D eigenvalue weighted by Crippen LogP contribution is 2.29. The Morgan fingerprint density at radius 1 is 1.33 bits per heavy atom. The SMILES string of the molecule is CNCC1CN(c2c(C)cccc2C)C(=O)N1C. The average molecular weight is 247 g/mol. The van der Waals surface area contributed by atoms with Crippen LogP contribution < -0.4 is 10.2 Å². The molecule has 1 heterocycles. The number of aryl methyl sites for hydroxylation is 2. The van der Waals surface area contributed by atoms with Gasteiger partial charge >= 0.3 is 6.03 Å². The molecule has 1 aliphatic heterocycles. The lowest BCUT2D eigenvalue weighted by Gasteiger charge is -2.20. The molecule has 0 bridgehead atoms. The number of benzene rings is 1. The molecule has 1 aromatic rings. The molecular weight excluding hydrogens is 226 g/mol. The number of rotatable bonds is 3. The number of para-hydroxylation sites is 1. The standard InChI is InChI=1S/C14H21N3O/c1-10-6-5-7-11(2)13(10)17-9-12(8-15-3)16(4)14(17)18/h5-7,12,15H,8-9H2,1-4H3. The molecule has 0 spiro atoms. The largest absolute Gasteiger partial charge is 0.324 e. The minimum absolute atomic E-state index is 0.0904. The van der Waals surface area contributed by atoms with Gasteiger partial charge in [0.2, 0.25) is 0 Å². The Morgan fingerprint density at radius 3 is 2.50 bits per heavy atom. The van der Waals surface area contributed by atoms with Crippen molar-refractivity contribution in [1.29, 1.82) is 0 Å². The quantitative estimate of drug-likeness (QED) is 0.883. The van der Waals surface area contributed by atoms with Crippen LogP contribution in [0.3, 0.4) is 0 Å². The summed E-state index contributed by atoms with van der Waals surface area (Å²) in [6.07, 6.45) is 0. The Bertz CT molecular complexity index is 438. The maximum absolute atomic E-state index is 12.3. The first-order chi connectivity index (χ1) is 8.56. The summed E-state index contributed by atoms with van der Waals surface area (Å²) in [6.45, 7) is 5.69. The van der Waals surface area contributed by atoms with Crippen LogP contribution in [0.15, 0.2) is 18.2 Å². The first-order valence-corrected chi connectivity index (χ1v) is 6.31. The number of nitrogens with zero attached hydrogens (tertiary/aromatic N) is 2. The lowest BCUT2D eigenvalue weighted by atomic mass is 10.1. The summed E-state index contributed by atoms with van der Waals surface area (Å²) in [7, 11) is 3.79. The average Bonchev–Trinajstić information content (AvgIpc) is 2.59. The minimum Gasteiger partial charge on any atom is -0.321 e. The number of urea groups is 1. The van der Waals surface area contributed by atoms with Crippen molar-refractivity contribution >= 4 is 11.7 Å². The molecule has 0 aromatic heterocycles. The summed E-state index contributed by atoms with van der Waals surface area (Å²) >= 11 is 0. The number of hydrogen-bond donors (Lipinski definition) is 1. The Morgan fingerprint density at radius 2 is 1.94 bits per heavy atom. The molecule has 1 saturated heterocycles. The van der Waals surface area contributed by atoms with E-state index >= 15 is 0 Å². The molecule has 0 radical (unpaired) electrons. The Kier molecular flexibility index (Phi) is 3.57. The molecule has 0 saturated carbocycles. The van der Waals surface area contributed by atoms with E-state index in [-0.39, 0.29) is 12.1 Å². The van der Waals surface area contributed by atoms with Crippen molar-refractivity contribution in [2.45, 2.75) is 19.9 Å². The van der Waals surface area contributed by atoms with E-state index in [0.717, 1.165) is 29.9 Å². The van der Waals surface area contributed by atoms with E-state index < -0.39 is 0 Å². The number of likely N-dealkylation sites (N-methyl/N-ethyl adjacent to an activating group) is 2. The fourth-order valence-corrected chi connectivity index (χ4v) is 2.61. The number of carbonyl (C=O) groups is 1. The monoisotopic (exact) mass is 247 g/mol. The van der Waals surface area contributed by atoms with Gasteiger partial charge < -0.3 is 10.2 Å². The van der Waals surface area contributed by atoms with E-state index in [2.05, 4.69) is 31.3 Å². The first kappa shape index (κ1) is 12.9. The van der Waals surface area contributed by atoms with Crippen LogP contribution in [-0.4, -0.2) is 44.2 Å². The molecule has 2 amide bonds. The second kappa shape index (κ2) is 4.98. The maximum Gasteiger partial charge on any atom is 0.324 e. The van der Waals surface area contributed by atoms with Crippen molar-refractivity contribution in [2.24, 2.45) is 0 Å². The number of hydrogen-bond acceptors (Lipinski definition) is 2. The molecule has 18 heavy (non-hydrogen) atoms. The van der Waals surface area contributed by atoms with Crippen LogP contribution in [0.5, 0.6) is 0 Å². The van der Waals surface area contributed by atoms with Crippen LogP contribution in [0.4, 0.5) is 10.5 Å². The van der Waals surface area contributed by atoms with E-state index in [9.17, 15) is 4.79 Å². The number of carbonyl (C=O) groups excluding carboxylic acids is 1. The van der Waals surface area contributed by atoms with Gasteiger partial charge in [-0.2, -0.15) is 0 Å². The van der Waals surface area contributed by atoms with Gasteiger partial charge in [-0.15, -0.1) is 0 Å². The summed E-state index contributed by atoms with van der Waals surface area (Å²) in [5.41, 5.74) is 3.37. The van der Waals surface area contributed by atoms with Gasteiger partial charge in [0.05, 0.1) is 11.7 Å². The third kappa shape index (κ3) is 2.08. The highest BCUT2D eigenvalue weighted by molar-refractivity contribution is 5.96. The summed E-state index contributed by atoms with van der Waals surface area (Å²) < 4.78 is 0. The lowest BCUT2D eigenvalue weighted by molar-refractivity contribution is 0.218. The van der Waals surface area contributed by atoms with Crippen LogP contribution >= 0.6 is 0 Å². The van der Waals surface area contributed by atoms with Gasteiger partial charge in [-0.3, -0.25) is 4.90 Å². The van der Waals surface area contributed by atoms with Crippen LogP contribution in [0, 0.1) is 13.8 Å². The fourth-order valence-electron chi connectivity index (χ4n) is 2.61. The zero-order chi connectivity index (χ0) is 13.3. The minimum atomic E-state index is 0.0904. The normalized spacial score (nSPS) is 19.8. The summed E-state index contributed by atoms with van der Waals surface area (Å²) in [5.74, 6) is 0. The predicted octanol–water partition coefficient (Wildman–Crippen LogP) is 1.76. The number of amides is 2. The van der Waals surface area contributed by atoms with Crippen molar-refractivity contribution in [3.05, 3.63) is 29.3 Å². The van der Waals surface area contributed by atoms with Crippen LogP contribution in [-0.2, 0) is 0 Å². The number of anilines is 1. The summed E-state index contributed by atoms with van der Waals surface area (Å²) in [5, 5.41) is 3.14. The molecule has 1 fully saturated rings. The zero-order valence-electron chi connectivity index (χ0n) is 11.5. The molecule has 1 unspecified atom stereocenters. The molecule has 98 valence electrons. The van der Waals surface area contributed by atoms with Gasteiger partial charge in [-0.25, -0.2) is 4.79 Å². The first-order valence-electron chi connectivity index (χ1n) is 6.31. The number of nitrogens with one attached hydrogen (secondary N) is 1. The highest BCUT2D eigenvalue weighted by Gasteiger charge is 2.35. The second-order valence-corrected chi connectivity index (χ2v) is 4.96. The summed E-state index contributed by atoms with van der Waals surface area (Å²) in [4.78, 5) is 16.0. The van der Waals surface area contributed by atoms with E-state index in [1.54, 1.807) is 0 Å². The molecule has 4 heteroatoms. The van der Waals surface area contributed by atoms with Crippen molar-refractivity contribution in [3.63, 3.8) is 0 Å². The highest BCUT2D eigenvalue weighted by atomic mass is 16.2. The van der Waals surface area contributed by atoms with Gasteiger partial charge in [-0.05, 0) is 32.0 Å². The van der Waals surface area contributed by atoms with Gasteiger partial charge in [0.1, 0.15) is 0 Å². The fraction of sp³-hybridized carbons (Fsp3) is 0.500. The molecule has 1 N–H and O–H groups in total. The summed E-state index contributed by atoms with van der Waals surface area (Å²) in [6, 6.07) is 6.47. The second-order valence-electron chi connectivity index (χ2n) is 4.96. The van der Waals surface area contributed by atoms with Gasteiger partial charge in [0.15, 0.2) is 0 Å². The van der Waals surface area contributed by atoms with Crippen LogP contribution in [0.2, 0.25) is 0 Å². The lowest BCUT2D eigenvalue weighted by Crippen LogP contribution is -2.37. The van der Waals surface area contributed by atoms with E-state index in [4.69, 9.17) is 0 Å². The van der Waals surface area contributed by atoms with Gasteiger partial charge in [0, 0.05) is 20.1 Å². The molecule has 2 rings (SSSR count). The Labute approximate surface area is 109 Å². The van der Waals surface area contributed by atoms with Crippen LogP contribution in [0.1, 0.15) is 11.1 Å². The molecule has 0 aliphatic carbocycles. The van der Waals surface area contributed by atoms with E-state index in [1.807, 2.05) is 30.0 Å². The van der Waals surface area contributed by atoms with Crippen molar-refractivity contribution in [2.75, 3.05) is 32.1 Å².